The number of hydrogen-bond donors (Lipinski definition) is 2. The molecule has 1 aromatic heterocycles. The first-order valence-corrected chi connectivity index (χ1v) is 6.29. The van der Waals surface area contributed by atoms with Crippen LogP contribution in [0, 0.1) is 6.92 Å². The third-order valence-corrected chi connectivity index (χ3v) is 2.88. The Morgan fingerprint density at radius 2 is 1.90 bits per heavy atom. The Hall–Kier alpha value is -2.95. The standard InChI is InChI=1S/C16H14N2O3/c1-11-10-14(4-2-12(11)3-5-15(19)20)18-16(21)13-6-8-17-9-7-13/h2-10H,1H3,(H,18,21)(H,19,20). The molecule has 0 saturated carbocycles. The van der Waals surface area contributed by atoms with Crippen molar-refractivity contribution in [3.63, 3.8) is 0 Å². The number of aliphatic carboxylic acids is 1. The Bertz CT molecular complexity index is 694. The van der Waals surface area contributed by atoms with E-state index in [0.717, 1.165) is 17.2 Å². The Labute approximate surface area is 122 Å². The van der Waals surface area contributed by atoms with Gasteiger partial charge >= 0.3 is 5.97 Å². The van der Waals surface area contributed by atoms with Crippen LogP contribution in [0.15, 0.2) is 48.8 Å². The van der Waals surface area contributed by atoms with Gasteiger partial charge in [-0.3, -0.25) is 9.78 Å². The predicted molar refractivity (Wildman–Crippen MR) is 80.0 cm³/mol. The van der Waals surface area contributed by atoms with E-state index in [0.29, 0.717) is 11.3 Å². The smallest absolute Gasteiger partial charge is 0.328 e. The minimum Gasteiger partial charge on any atom is -0.478 e. The number of amides is 1. The number of carboxylic acids is 1. The van der Waals surface area contributed by atoms with Crippen molar-refractivity contribution < 1.29 is 14.7 Å². The Kier molecular flexibility index (Phi) is 4.46. The van der Waals surface area contributed by atoms with Gasteiger partial charge in [-0.25, -0.2) is 4.79 Å². The van der Waals surface area contributed by atoms with Gasteiger partial charge in [-0.1, -0.05) is 6.07 Å². The summed E-state index contributed by atoms with van der Waals surface area (Å²) in [7, 11) is 0. The second kappa shape index (κ2) is 6.47. The van der Waals surface area contributed by atoms with Crippen LogP contribution in [0.2, 0.25) is 0 Å². The molecule has 0 unspecified atom stereocenters. The average molecular weight is 282 g/mol. The fourth-order valence-corrected chi connectivity index (χ4v) is 1.81. The molecule has 1 aromatic carbocycles. The van der Waals surface area contributed by atoms with Crippen molar-refractivity contribution in [2.24, 2.45) is 0 Å². The summed E-state index contributed by atoms with van der Waals surface area (Å²) in [5, 5.41) is 11.4. The normalized spacial score (nSPS) is 10.5. The maximum absolute atomic E-state index is 12.0. The first-order valence-electron chi connectivity index (χ1n) is 6.29. The molecule has 1 heterocycles. The molecule has 0 atom stereocenters. The number of carboxylic acid groups (broad SMARTS) is 1. The molecule has 21 heavy (non-hydrogen) atoms. The van der Waals surface area contributed by atoms with Crippen LogP contribution in [-0.2, 0) is 4.79 Å². The van der Waals surface area contributed by atoms with Crippen molar-refractivity contribution in [3.05, 3.63) is 65.5 Å². The monoisotopic (exact) mass is 282 g/mol. The van der Waals surface area contributed by atoms with Crippen molar-refractivity contribution in [1.82, 2.24) is 4.98 Å². The summed E-state index contributed by atoms with van der Waals surface area (Å²) in [5.74, 6) is -1.21. The van der Waals surface area contributed by atoms with Crippen molar-refractivity contribution in [1.29, 1.82) is 0 Å². The number of aryl methyl sites for hydroxylation is 1. The van der Waals surface area contributed by atoms with Crippen LogP contribution < -0.4 is 5.32 Å². The number of nitrogens with zero attached hydrogens (tertiary/aromatic N) is 1. The third kappa shape index (κ3) is 4.01. The van der Waals surface area contributed by atoms with Crippen LogP contribution in [0.25, 0.3) is 6.08 Å². The highest BCUT2D eigenvalue weighted by Crippen LogP contribution is 2.17. The lowest BCUT2D eigenvalue weighted by Gasteiger charge is -2.07. The summed E-state index contributed by atoms with van der Waals surface area (Å²) in [6.07, 6.45) is 5.71. The van der Waals surface area contributed by atoms with Gasteiger partial charge in [0, 0.05) is 29.7 Å². The quantitative estimate of drug-likeness (QED) is 0.845. The van der Waals surface area contributed by atoms with E-state index in [4.69, 9.17) is 5.11 Å². The highest BCUT2D eigenvalue weighted by Gasteiger charge is 2.06. The van der Waals surface area contributed by atoms with E-state index in [1.54, 1.807) is 42.7 Å². The van der Waals surface area contributed by atoms with Crippen LogP contribution >= 0.6 is 0 Å². The van der Waals surface area contributed by atoms with Gasteiger partial charge in [0.05, 0.1) is 0 Å². The molecule has 0 bridgehead atoms. The minimum atomic E-state index is -0.996. The molecule has 1 amide bonds. The lowest BCUT2D eigenvalue weighted by molar-refractivity contribution is -0.131. The molecule has 0 fully saturated rings. The van der Waals surface area contributed by atoms with Gasteiger partial charge in [0.2, 0.25) is 0 Å². The van der Waals surface area contributed by atoms with E-state index in [9.17, 15) is 9.59 Å². The first kappa shape index (κ1) is 14.5. The van der Waals surface area contributed by atoms with Gasteiger partial charge in [0.1, 0.15) is 0 Å². The molecular formula is C16H14N2O3. The highest BCUT2D eigenvalue weighted by molar-refractivity contribution is 6.04. The van der Waals surface area contributed by atoms with Crippen molar-refractivity contribution in [2.45, 2.75) is 6.92 Å². The van der Waals surface area contributed by atoms with E-state index >= 15 is 0 Å². The number of rotatable bonds is 4. The average Bonchev–Trinajstić information content (AvgIpc) is 2.47. The molecule has 2 rings (SSSR count). The van der Waals surface area contributed by atoms with E-state index in [1.807, 2.05) is 6.92 Å². The Morgan fingerprint density at radius 3 is 2.52 bits per heavy atom. The zero-order chi connectivity index (χ0) is 15.2. The second-order valence-corrected chi connectivity index (χ2v) is 4.43. The van der Waals surface area contributed by atoms with Crippen molar-refractivity contribution in [3.8, 4) is 0 Å². The van der Waals surface area contributed by atoms with Crippen molar-refractivity contribution >= 4 is 23.6 Å². The minimum absolute atomic E-state index is 0.217. The molecule has 0 aliphatic heterocycles. The molecular weight excluding hydrogens is 268 g/mol. The number of carbonyl (C=O) groups excluding carboxylic acids is 1. The molecule has 0 radical (unpaired) electrons. The maximum atomic E-state index is 12.0. The van der Waals surface area contributed by atoms with Crippen LogP contribution in [0.5, 0.6) is 0 Å². The van der Waals surface area contributed by atoms with Gasteiger partial charge in [-0.15, -0.1) is 0 Å². The number of pyridine rings is 1. The number of hydrogen-bond acceptors (Lipinski definition) is 3. The lowest BCUT2D eigenvalue weighted by Crippen LogP contribution is -2.11. The number of benzene rings is 1. The summed E-state index contributed by atoms with van der Waals surface area (Å²) in [6, 6.07) is 8.55. The molecule has 5 heteroatoms. The highest BCUT2D eigenvalue weighted by atomic mass is 16.4. The Morgan fingerprint density at radius 1 is 1.19 bits per heavy atom. The molecule has 0 aliphatic carbocycles. The SMILES string of the molecule is Cc1cc(NC(=O)c2ccncc2)ccc1C=CC(=O)O. The van der Waals surface area contributed by atoms with Crippen molar-refractivity contribution in [2.75, 3.05) is 5.32 Å². The fourth-order valence-electron chi connectivity index (χ4n) is 1.81. The molecule has 0 saturated heterocycles. The van der Waals surface area contributed by atoms with Crippen LogP contribution in [0.3, 0.4) is 0 Å². The molecule has 106 valence electrons. The zero-order valence-electron chi connectivity index (χ0n) is 11.4. The van der Waals surface area contributed by atoms with E-state index < -0.39 is 5.97 Å². The first-order chi connectivity index (χ1) is 10.1. The van der Waals surface area contributed by atoms with E-state index in [1.165, 1.54) is 6.08 Å². The van der Waals surface area contributed by atoms with E-state index in [-0.39, 0.29) is 5.91 Å². The van der Waals surface area contributed by atoms with E-state index in [2.05, 4.69) is 10.3 Å². The van der Waals surface area contributed by atoms with Crippen LogP contribution in [-0.4, -0.2) is 22.0 Å². The van der Waals surface area contributed by atoms with Gasteiger partial charge in [-0.05, 0) is 48.4 Å². The summed E-state index contributed by atoms with van der Waals surface area (Å²) < 4.78 is 0. The summed E-state index contributed by atoms with van der Waals surface area (Å²) in [6.45, 7) is 1.85. The summed E-state index contributed by atoms with van der Waals surface area (Å²) >= 11 is 0. The van der Waals surface area contributed by atoms with Crippen LogP contribution in [0.1, 0.15) is 21.5 Å². The predicted octanol–water partition coefficient (Wildman–Crippen LogP) is 2.74. The molecule has 0 aliphatic rings. The molecule has 0 spiro atoms. The van der Waals surface area contributed by atoms with Gasteiger partial charge in [-0.2, -0.15) is 0 Å². The molecule has 5 nitrogen and oxygen atoms in total. The number of carbonyl (C=O) groups is 2. The van der Waals surface area contributed by atoms with Gasteiger partial charge in [0.25, 0.3) is 5.91 Å². The molecule has 2 aromatic rings. The lowest BCUT2D eigenvalue weighted by atomic mass is 10.1. The summed E-state index contributed by atoms with van der Waals surface area (Å²) in [4.78, 5) is 26.4. The number of nitrogens with one attached hydrogen (secondary N) is 1. The van der Waals surface area contributed by atoms with Gasteiger partial charge < -0.3 is 10.4 Å². The molecule has 2 N–H and O–H groups in total. The maximum Gasteiger partial charge on any atom is 0.328 e. The number of aromatic nitrogens is 1. The third-order valence-electron chi connectivity index (χ3n) is 2.88. The van der Waals surface area contributed by atoms with Gasteiger partial charge in [0.15, 0.2) is 0 Å². The zero-order valence-corrected chi connectivity index (χ0v) is 11.4. The second-order valence-electron chi connectivity index (χ2n) is 4.43. The number of anilines is 1. The fraction of sp³-hybridized carbons (Fsp3) is 0.0625. The Balaban J connectivity index is 2.14. The summed E-state index contributed by atoms with van der Waals surface area (Å²) in [5.41, 5.74) is 2.85. The van der Waals surface area contributed by atoms with Crippen LogP contribution in [0.4, 0.5) is 5.69 Å². The largest absolute Gasteiger partial charge is 0.478 e. The topological polar surface area (TPSA) is 79.3 Å².